The Morgan fingerprint density at radius 1 is 0.500 bits per heavy atom. The SMILES string of the molecule is C1=C2c3ccccc3-c3ccccc3[C@@H]2CC(N(c2ccc(-c3ccc4oc5ccccc5c4c3)cc2)c2cccc3ccccc23)=C1. The van der Waals surface area contributed by atoms with Gasteiger partial charge in [0, 0.05) is 33.5 Å². The molecule has 10 rings (SSSR count). The summed E-state index contributed by atoms with van der Waals surface area (Å²) >= 11 is 0. The number of hydrogen-bond donors (Lipinski definition) is 0. The van der Waals surface area contributed by atoms with Gasteiger partial charge >= 0.3 is 0 Å². The molecule has 1 aromatic heterocycles. The number of allylic oxidation sites excluding steroid dienone is 4. The molecule has 0 radical (unpaired) electrons. The van der Waals surface area contributed by atoms with Crippen molar-refractivity contribution >= 4 is 49.7 Å². The highest BCUT2D eigenvalue weighted by Gasteiger charge is 2.33. The van der Waals surface area contributed by atoms with Gasteiger partial charge in [-0.25, -0.2) is 0 Å². The molecule has 0 unspecified atom stereocenters. The normalized spacial score (nSPS) is 15.0. The van der Waals surface area contributed by atoms with Gasteiger partial charge < -0.3 is 9.32 Å². The Labute approximate surface area is 279 Å². The first-order valence-corrected chi connectivity index (χ1v) is 16.7. The van der Waals surface area contributed by atoms with E-state index >= 15 is 0 Å². The lowest BCUT2D eigenvalue weighted by atomic mass is 9.71. The number of fused-ring (bicyclic) bond motifs is 10. The number of rotatable bonds is 4. The van der Waals surface area contributed by atoms with Crippen LogP contribution in [-0.4, -0.2) is 0 Å². The van der Waals surface area contributed by atoms with Crippen molar-refractivity contribution in [2.45, 2.75) is 12.3 Å². The van der Waals surface area contributed by atoms with Crippen LogP contribution >= 0.6 is 0 Å². The summed E-state index contributed by atoms with van der Waals surface area (Å²) in [7, 11) is 0. The molecule has 226 valence electrons. The summed E-state index contributed by atoms with van der Waals surface area (Å²) in [5.41, 5.74) is 14.7. The summed E-state index contributed by atoms with van der Waals surface area (Å²) in [6.45, 7) is 0. The molecule has 7 aromatic carbocycles. The maximum atomic E-state index is 6.11. The molecule has 2 aliphatic rings. The topological polar surface area (TPSA) is 16.4 Å². The van der Waals surface area contributed by atoms with Crippen LogP contribution in [0.5, 0.6) is 0 Å². The van der Waals surface area contributed by atoms with Crippen LogP contribution < -0.4 is 4.90 Å². The van der Waals surface area contributed by atoms with E-state index in [0.29, 0.717) is 0 Å². The van der Waals surface area contributed by atoms with Crippen LogP contribution in [0.2, 0.25) is 0 Å². The van der Waals surface area contributed by atoms with Gasteiger partial charge in [-0.05, 0) is 93.2 Å². The second-order valence-electron chi connectivity index (χ2n) is 12.9. The molecule has 1 heterocycles. The van der Waals surface area contributed by atoms with Crippen molar-refractivity contribution in [3.05, 3.63) is 187 Å². The first kappa shape index (κ1) is 27.0. The van der Waals surface area contributed by atoms with Crippen molar-refractivity contribution in [3.63, 3.8) is 0 Å². The fraction of sp³-hybridized carbons (Fsp3) is 0.0435. The fourth-order valence-corrected chi connectivity index (χ4v) is 8.00. The number of hydrogen-bond acceptors (Lipinski definition) is 2. The molecule has 0 saturated heterocycles. The third kappa shape index (κ3) is 4.19. The van der Waals surface area contributed by atoms with Gasteiger partial charge in [0.15, 0.2) is 0 Å². The van der Waals surface area contributed by atoms with Crippen LogP contribution in [0, 0.1) is 0 Å². The van der Waals surface area contributed by atoms with Crippen LogP contribution in [-0.2, 0) is 0 Å². The minimum atomic E-state index is 0.282. The number of para-hydroxylation sites is 1. The second-order valence-corrected chi connectivity index (χ2v) is 12.9. The summed E-state index contributed by atoms with van der Waals surface area (Å²) in [5, 5.41) is 4.78. The molecule has 0 N–H and O–H groups in total. The standard InChI is InChI=1S/C46H31NO/c1-2-12-35-31(10-1)11-9-18-44(35)47(34-25-26-40-38-15-4-3-13-36(38)37-14-5-6-16-39(37)42(40)29-34)33-23-20-30(21-24-33)32-22-27-46-43(28-32)41-17-7-8-19-45(41)48-46/h1-28,42H,29H2/t42-/m0/s1. The Kier molecular flexibility index (Phi) is 6.04. The molecule has 0 spiro atoms. The van der Waals surface area contributed by atoms with E-state index in [1.54, 1.807) is 0 Å². The molecular formula is C46H31NO. The summed E-state index contributed by atoms with van der Waals surface area (Å²) in [5.74, 6) is 0.282. The molecule has 0 amide bonds. The van der Waals surface area contributed by atoms with Crippen LogP contribution in [0.15, 0.2) is 180 Å². The van der Waals surface area contributed by atoms with Crippen molar-refractivity contribution in [2.24, 2.45) is 0 Å². The molecule has 1 atom stereocenters. The maximum absolute atomic E-state index is 6.11. The largest absolute Gasteiger partial charge is 0.456 e. The average molecular weight is 614 g/mol. The molecule has 0 fully saturated rings. The minimum Gasteiger partial charge on any atom is -0.456 e. The van der Waals surface area contributed by atoms with Crippen molar-refractivity contribution in [3.8, 4) is 22.3 Å². The maximum Gasteiger partial charge on any atom is 0.135 e. The van der Waals surface area contributed by atoms with Crippen LogP contribution in [0.1, 0.15) is 23.5 Å². The third-order valence-electron chi connectivity index (χ3n) is 10.2. The lowest BCUT2D eigenvalue weighted by molar-refractivity contribution is 0.669. The first-order valence-electron chi connectivity index (χ1n) is 16.7. The van der Waals surface area contributed by atoms with Gasteiger partial charge in [0.25, 0.3) is 0 Å². The van der Waals surface area contributed by atoms with Gasteiger partial charge in [0.05, 0.1) is 5.69 Å². The molecule has 48 heavy (non-hydrogen) atoms. The molecule has 0 aliphatic heterocycles. The van der Waals surface area contributed by atoms with Gasteiger partial charge in [0.2, 0.25) is 0 Å². The van der Waals surface area contributed by atoms with Crippen molar-refractivity contribution in [1.29, 1.82) is 0 Å². The van der Waals surface area contributed by atoms with Gasteiger partial charge in [-0.15, -0.1) is 0 Å². The summed E-state index contributed by atoms with van der Waals surface area (Å²) < 4.78 is 6.11. The highest BCUT2D eigenvalue weighted by molar-refractivity contribution is 6.06. The molecule has 2 heteroatoms. The Morgan fingerprint density at radius 2 is 1.19 bits per heavy atom. The van der Waals surface area contributed by atoms with Gasteiger partial charge in [-0.2, -0.15) is 0 Å². The number of nitrogens with zero attached hydrogens (tertiary/aromatic N) is 1. The van der Waals surface area contributed by atoms with E-state index in [1.807, 2.05) is 12.1 Å². The van der Waals surface area contributed by atoms with E-state index < -0.39 is 0 Å². The highest BCUT2D eigenvalue weighted by Crippen LogP contribution is 2.52. The average Bonchev–Trinajstić information content (AvgIpc) is 3.53. The number of benzene rings is 7. The van der Waals surface area contributed by atoms with E-state index in [4.69, 9.17) is 4.42 Å². The lowest BCUT2D eigenvalue weighted by Gasteiger charge is -2.37. The minimum absolute atomic E-state index is 0.282. The third-order valence-corrected chi connectivity index (χ3v) is 10.2. The molecule has 0 bridgehead atoms. The predicted molar refractivity (Wildman–Crippen MR) is 201 cm³/mol. The van der Waals surface area contributed by atoms with Gasteiger partial charge in [-0.3, -0.25) is 0 Å². The Morgan fingerprint density at radius 3 is 2.08 bits per heavy atom. The van der Waals surface area contributed by atoms with Gasteiger partial charge in [0.1, 0.15) is 11.2 Å². The zero-order valence-corrected chi connectivity index (χ0v) is 26.3. The lowest BCUT2D eigenvalue weighted by Crippen LogP contribution is -2.22. The smallest absolute Gasteiger partial charge is 0.135 e. The predicted octanol–water partition coefficient (Wildman–Crippen LogP) is 12.7. The monoisotopic (exact) mass is 613 g/mol. The zero-order chi connectivity index (χ0) is 31.6. The zero-order valence-electron chi connectivity index (χ0n) is 26.3. The van der Waals surface area contributed by atoms with Gasteiger partial charge in [-0.1, -0.05) is 127 Å². The van der Waals surface area contributed by atoms with E-state index in [9.17, 15) is 0 Å². The van der Waals surface area contributed by atoms with E-state index in [-0.39, 0.29) is 5.92 Å². The second kappa shape index (κ2) is 10.7. The molecule has 2 aliphatic carbocycles. The van der Waals surface area contributed by atoms with E-state index in [0.717, 1.165) is 34.0 Å². The number of furan rings is 1. The quantitative estimate of drug-likeness (QED) is 0.196. The highest BCUT2D eigenvalue weighted by atomic mass is 16.3. The van der Waals surface area contributed by atoms with Crippen molar-refractivity contribution in [1.82, 2.24) is 0 Å². The molecule has 2 nitrogen and oxygen atoms in total. The fourth-order valence-electron chi connectivity index (χ4n) is 8.00. The summed E-state index contributed by atoms with van der Waals surface area (Å²) in [6, 6.07) is 57.1. The molecule has 0 saturated carbocycles. The Balaban J connectivity index is 1.11. The van der Waals surface area contributed by atoms with Crippen molar-refractivity contribution < 1.29 is 4.42 Å². The Bertz CT molecular complexity index is 2600. The van der Waals surface area contributed by atoms with Crippen LogP contribution in [0.3, 0.4) is 0 Å². The first-order chi connectivity index (χ1) is 23.8. The summed E-state index contributed by atoms with van der Waals surface area (Å²) in [6.07, 6.45) is 5.63. The molecule has 8 aromatic rings. The number of anilines is 2. The van der Waals surface area contributed by atoms with E-state index in [1.165, 1.54) is 61.1 Å². The summed E-state index contributed by atoms with van der Waals surface area (Å²) in [4.78, 5) is 2.48. The van der Waals surface area contributed by atoms with E-state index in [2.05, 4.69) is 163 Å². The molecular weight excluding hydrogens is 583 g/mol. The Hall–Kier alpha value is -6.12. The van der Waals surface area contributed by atoms with Crippen LogP contribution in [0.25, 0.3) is 60.5 Å². The van der Waals surface area contributed by atoms with Crippen LogP contribution in [0.4, 0.5) is 11.4 Å². The van der Waals surface area contributed by atoms with Crippen molar-refractivity contribution in [2.75, 3.05) is 4.90 Å².